The molecule has 0 aliphatic heterocycles. The average Bonchev–Trinajstić information content (AvgIpc) is 2.44. The summed E-state index contributed by atoms with van der Waals surface area (Å²) in [4.78, 5) is 23.0. The Hall–Kier alpha value is -2.41. The summed E-state index contributed by atoms with van der Waals surface area (Å²) in [6.45, 7) is 0.638. The van der Waals surface area contributed by atoms with Gasteiger partial charge in [0, 0.05) is 5.70 Å². The molecule has 23 heavy (non-hydrogen) atoms. The number of carbonyl (C=O) groups excluding carboxylic acids is 2. The highest BCUT2D eigenvalue weighted by atomic mass is 35.5. The van der Waals surface area contributed by atoms with Crippen molar-refractivity contribution in [2.24, 2.45) is 10.9 Å². The van der Waals surface area contributed by atoms with Crippen molar-refractivity contribution in [3.05, 3.63) is 40.1 Å². The van der Waals surface area contributed by atoms with E-state index in [1.165, 1.54) is 13.0 Å². The molecule has 122 valence electrons. The molecule has 1 aromatic rings. The van der Waals surface area contributed by atoms with Gasteiger partial charge in [-0.1, -0.05) is 11.6 Å². The quantitative estimate of drug-likeness (QED) is 0.441. The van der Waals surface area contributed by atoms with Crippen molar-refractivity contribution in [3.8, 4) is 6.07 Å². The Kier molecular flexibility index (Phi) is 5.86. The molecule has 0 heterocycles. The van der Waals surface area contributed by atoms with Crippen LogP contribution in [0.3, 0.4) is 0 Å². The summed E-state index contributed by atoms with van der Waals surface area (Å²) in [5.41, 5.74) is 4.86. The second-order valence-corrected chi connectivity index (χ2v) is 6.30. The fraction of sp³-hybridized carbons (Fsp3) is 0.154. The molecular weight excluding hydrogens is 346 g/mol. The highest BCUT2D eigenvalue weighted by molar-refractivity contribution is 7.89. The third kappa shape index (κ3) is 4.79. The van der Waals surface area contributed by atoms with E-state index in [-0.39, 0.29) is 21.9 Å². The number of hydrogen-bond donors (Lipinski definition) is 2. The number of carbonyl (C=O) groups is 2. The number of nitriles is 1. The van der Waals surface area contributed by atoms with Crippen molar-refractivity contribution in [3.63, 3.8) is 0 Å². The van der Waals surface area contributed by atoms with Gasteiger partial charge >= 0.3 is 5.97 Å². The van der Waals surface area contributed by atoms with Gasteiger partial charge in [-0.05, 0) is 25.1 Å². The molecule has 0 unspecified atom stereocenters. The number of ether oxygens (including phenoxy) is 1. The van der Waals surface area contributed by atoms with Crippen LogP contribution in [0.25, 0.3) is 0 Å². The summed E-state index contributed by atoms with van der Waals surface area (Å²) in [5, 5.41) is 13.6. The van der Waals surface area contributed by atoms with E-state index in [1.807, 2.05) is 0 Å². The van der Waals surface area contributed by atoms with E-state index in [2.05, 4.69) is 0 Å². The van der Waals surface area contributed by atoms with E-state index < -0.39 is 33.3 Å². The molecule has 0 aliphatic carbocycles. The number of halogens is 1. The molecule has 8 nitrogen and oxygen atoms in total. The van der Waals surface area contributed by atoms with Crippen LogP contribution in [-0.2, 0) is 19.6 Å². The first-order valence-corrected chi connectivity index (χ1v) is 7.89. The SMILES string of the molecule is C/C(N)=C(/C#N)C(=O)COC(=O)c1ccc(Cl)c(S(N)(=O)=O)c1. The lowest BCUT2D eigenvalue weighted by Crippen LogP contribution is -2.18. The number of ketones is 1. The van der Waals surface area contributed by atoms with Crippen LogP contribution in [0.5, 0.6) is 0 Å². The van der Waals surface area contributed by atoms with Gasteiger partial charge in [-0.15, -0.1) is 0 Å². The van der Waals surface area contributed by atoms with Crippen LogP contribution in [0.1, 0.15) is 17.3 Å². The summed E-state index contributed by atoms with van der Waals surface area (Å²) in [7, 11) is -4.12. The Balaban J connectivity index is 2.95. The fourth-order valence-corrected chi connectivity index (χ4v) is 2.58. The van der Waals surface area contributed by atoms with Gasteiger partial charge in [0.25, 0.3) is 0 Å². The number of primary sulfonamides is 1. The Morgan fingerprint density at radius 1 is 1.39 bits per heavy atom. The Morgan fingerprint density at radius 2 is 2.00 bits per heavy atom. The predicted molar refractivity (Wildman–Crippen MR) is 80.6 cm³/mol. The smallest absolute Gasteiger partial charge is 0.338 e. The predicted octanol–water partition coefficient (Wildman–Crippen LogP) is 0.470. The topological polar surface area (TPSA) is 153 Å². The molecular formula is C13H12ClN3O5S. The zero-order chi connectivity index (χ0) is 17.8. The number of sulfonamides is 1. The molecule has 10 heteroatoms. The summed E-state index contributed by atoms with van der Waals surface area (Å²) >= 11 is 5.69. The van der Waals surface area contributed by atoms with Crippen LogP contribution in [0.4, 0.5) is 0 Å². The van der Waals surface area contributed by atoms with Crippen molar-refractivity contribution < 1.29 is 22.7 Å². The Bertz CT molecular complexity index is 836. The van der Waals surface area contributed by atoms with Crippen LogP contribution in [0.2, 0.25) is 5.02 Å². The molecule has 0 atom stereocenters. The van der Waals surface area contributed by atoms with Gasteiger partial charge < -0.3 is 10.5 Å². The van der Waals surface area contributed by atoms with Gasteiger partial charge in [-0.2, -0.15) is 5.26 Å². The number of Topliss-reactive ketones (excluding diaryl/α,β-unsaturated/α-hetero) is 1. The molecule has 0 bridgehead atoms. The molecule has 0 saturated carbocycles. The summed E-state index contributed by atoms with van der Waals surface area (Å²) in [6.07, 6.45) is 0. The fourth-order valence-electron chi connectivity index (χ4n) is 1.51. The van der Waals surface area contributed by atoms with Crippen LogP contribution < -0.4 is 10.9 Å². The average molecular weight is 358 g/mol. The number of hydrogen-bond acceptors (Lipinski definition) is 7. The molecule has 1 aromatic carbocycles. The molecule has 0 aliphatic rings. The van der Waals surface area contributed by atoms with E-state index in [0.29, 0.717) is 0 Å². The minimum atomic E-state index is -4.12. The van der Waals surface area contributed by atoms with Crippen LogP contribution in [-0.4, -0.2) is 26.8 Å². The lowest BCUT2D eigenvalue weighted by Gasteiger charge is -2.07. The van der Waals surface area contributed by atoms with Gasteiger partial charge in [0.1, 0.15) is 16.5 Å². The minimum Gasteiger partial charge on any atom is -0.454 e. The van der Waals surface area contributed by atoms with Crippen LogP contribution in [0.15, 0.2) is 34.4 Å². The number of rotatable bonds is 5. The maximum absolute atomic E-state index is 11.8. The molecule has 1 rings (SSSR count). The lowest BCUT2D eigenvalue weighted by molar-refractivity contribution is -0.118. The Labute approximate surface area is 137 Å². The van der Waals surface area contributed by atoms with E-state index in [4.69, 9.17) is 32.5 Å². The first-order chi connectivity index (χ1) is 10.6. The van der Waals surface area contributed by atoms with E-state index >= 15 is 0 Å². The molecule has 0 amide bonds. The van der Waals surface area contributed by atoms with Crippen LogP contribution in [0, 0.1) is 11.3 Å². The molecule has 0 fully saturated rings. The van der Waals surface area contributed by atoms with Crippen molar-refractivity contribution in [1.82, 2.24) is 0 Å². The molecule has 0 saturated heterocycles. The first-order valence-electron chi connectivity index (χ1n) is 5.97. The molecule has 4 N–H and O–H groups in total. The monoisotopic (exact) mass is 357 g/mol. The third-order valence-electron chi connectivity index (χ3n) is 2.59. The van der Waals surface area contributed by atoms with E-state index in [1.54, 1.807) is 6.07 Å². The van der Waals surface area contributed by atoms with Gasteiger partial charge in [0.05, 0.1) is 10.6 Å². The second kappa shape index (κ2) is 7.23. The molecule has 0 spiro atoms. The number of nitrogens with zero attached hydrogens (tertiary/aromatic N) is 1. The standard InChI is InChI=1S/C13H12ClN3O5S/c1-7(16)9(5-15)11(18)6-22-13(19)8-2-3-10(14)12(4-8)23(17,20)21/h2-4H,6,16H2,1H3,(H2,17,20,21)/b9-7+. The zero-order valence-electron chi connectivity index (χ0n) is 11.9. The maximum atomic E-state index is 11.8. The van der Waals surface area contributed by atoms with Crippen LogP contribution >= 0.6 is 11.6 Å². The number of benzene rings is 1. The first kappa shape index (κ1) is 18.6. The molecule has 0 radical (unpaired) electrons. The summed E-state index contributed by atoms with van der Waals surface area (Å²) in [6, 6.07) is 4.90. The second-order valence-electron chi connectivity index (χ2n) is 4.36. The zero-order valence-corrected chi connectivity index (χ0v) is 13.4. The van der Waals surface area contributed by atoms with Gasteiger partial charge in [0.2, 0.25) is 15.8 Å². The van der Waals surface area contributed by atoms with Gasteiger partial charge in [0.15, 0.2) is 6.61 Å². The normalized spacial score (nSPS) is 12.1. The maximum Gasteiger partial charge on any atom is 0.338 e. The summed E-state index contributed by atoms with van der Waals surface area (Å²) in [5.74, 6) is -1.76. The minimum absolute atomic E-state index is 0.00319. The van der Waals surface area contributed by atoms with Crippen molar-refractivity contribution >= 4 is 33.4 Å². The Morgan fingerprint density at radius 3 is 2.48 bits per heavy atom. The van der Waals surface area contributed by atoms with Crippen molar-refractivity contribution in [2.75, 3.05) is 6.61 Å². The summed E-state index contributed by atoms with van der Waals surface area (Å²) < 4.78 is 27.4. The van der Waals surface area contributed by atoms with Crippen molar-refractivity contribution in [2.45, 2.75) is 11.8 Å². The third-order valence-corrected chi connectivity index (χ3v) is 3.99. The highest BCUT2D eigenvalue weighted by Crippen LogP contribution is 2.21. The number of esters is 1. The number of allylic oxidation sites excluding steroid dienone is 1. The van der Waals surface area contributed by atoms with E-state index in [9.17, 15) is 18.0 Å². The van der Waals surface area contributed by atoms with E-state index in [0.717, 1.165) is 12.1 Å². The lowest BCUT2D eigenvalue weighted by atomic mass is 10.1. The molecule has 0 aromatic heterocycles. The van der Waals surface area contributed by atoms with Gasteiger partial charge in [-0.25, -0.2) is 18.4 Å². The highest BCUT2D eigenvalue weighted by Gasteiger charge is 2.19. The van der Waals surface area contributed by atoms with Crippen molar-refractivity contribution in [1.29, 1.82) is 5.26 Å². The number of nitrogens with two attached hydrogens (primary N) is 2. The largest absolute Gasteiger partial charge is 0.454 e. The van der Waals surface area contributed by atoms with Gasteiger partial charge in [-0.3, -0.25) is 4.79 Å².